The number of fused-ring (bicyclic) bond motifs is 1. The number of rotatable bonds is 8. The normalized spacial score (nSPS) is 11.4. The lowest BCUT2D eigenvalue weighted by molar-refractivity contribution is 0.292. The second-order valence-electron chi connectivity index (χ2n) is 5.11. The molecule has 2 aromatic rings. The third kappa shape index (κ3) is 3.54. The van der Waals surface area contributed by atoms with E-state index in [1.807, 2.05) is 0 Å². The zero-order chi connectivity index (χ0) is 14.4. The molecule has 3 heteroatoms. The lowest BCUT2D eigenvalue weighted by atomic mass is 10.2. The van der Waals surface area contributed by atoms with Gasteiger partial charge >= 0.3 is 0 Å². The average molecular weight is 274 g/mol. The number of ether oxygens (including phenoxy) is 1. The van der Waals surface area contributed by atoms with Crippen LogP contribution in [0.25, 0.3) is 10.9 Å². The van der Waals surface area contributed by atoms with Crippen LogP contribution in [-0.2, 0) is 6.54 Å². The van der Waals surface area contributed by atoms with Gasteiger partial charge in [0, 0.05) is 30.2 Å². The Labute approximate surface area is 122 Å². The molecule has 20 heavy (non-hydrogen) atoms. The molecular weight excluding hydrogens is 248 g/mol. The minimum atomic E-state index is 0.786. The Morgan fingerprint density at radius 1 is 1.10 bits per heavy atom. The fraction of sp³-hybridized carbons (Fsp3) is 0.529. The van der Waals surface area contributed by atoms with Crippen LogP contribution in [0.3, 0.4) is 0 Å². The summed E-state index contributed by atoms with van der Waals surface area (Å²) in [5.41, 5.74) is 1.29. The van der Waals surface area contributed by atoms with Gasteiger partial charge in [-0.3, -0.25) is 0 Å². The molecule has 0 saturated heterocycles. The second kappa shape index (κ2) is 7.34. The van der Waals surface area contributed by atoms with Crippen LogP contribution in [0.2, 0.25) is 0 Å². The molecule has 1 aromatic carbocycles. The van der Waals surface area contributed by atoms with Gasteiger partial charge < -0.3 is 14.2 Å². The number of nitrogens with zero attached hydrogens (tertiary/aromatic N) is 2. The van der Waals surface area contributed by atoms with Crippen LogP contribution in [0.15, 0.2) is 30.5 Å². The van der Waals surface area contributed by atoms with Crippen molar-refractivity contribution in [3.05, 3.63) is 30.5 Å². The molecule has 0 N–H and O–H groups in total. The van der Waals surface area contributed by atoms with Gasteiger partial charge in [-0.25, -0.2) is 0 Å². The van der Waals surface area contributed by atoms with Gasteiger partial charge in [-0.05, 0) is 43.8 Å². The van der Waals surface area contributed by atoms with Crippen molar-refractivity contribution >= 4 is 10.9 Å². The summed E-state index contributed by atoms with van der Waals surface area (Å²) in [5, 5.41) is 1.26. The van der Waals surface area contributed by atoms with Gasteiger partial charge in [0.15, 0.2) is 0 Å². The summed E-state index contributed by atoms with van der Waals surface area (Å²) in [6.45, 7) is 11.7. The van der Waals surface area contributed by atoms with E-state index in [0.717, 1.165) is 45.0 Å². The summed E-state index contributed by atoms with van der Waals surface area (Å²) in [6, 6.07) is 8.56. The lowest BCUT2D eigenvalue weighted by Crippen LogP contribution is -2.26. The Morgan fingerprint density at radius 3 is 2.60 bits per heavy atom. The lowest BCUT2D eigenvalue weighted by Gasteiger charge is -2.18. The number of aromatic nitrogens is 1. The van der Waals surface area contributed by atoms with Gasteiger partial charge in [0.25, 0.3) is 0 Å². The first-order valence-electron chi connectivity index (χ1n) is 7.72. The van der Waals surface area contributed by atoms with Gasteiger partial charge in [-0.2, -0.15) is 0 Å². The maximum atomic E-state index is 5.69. The standard InChI is InChI=1S/C17H26N2O/c1-4-13-20-16-7-8-17-15(14-16)9-10-19(17)12-11-18(5-2)6-3/h7-10,14H,4-6,11-13H2,1-3H3. The fourth-order valence-corrected chi connectivity index (χ4v) is 2.47. The minimum absolute atomic E-state index is 0.786. The molecule has 110 valence electrons. The third-order valence-electron chi connectivity index (χ3n) is 3.77. The van der Waals surface area contributed by atoms with E-state index in [0.29, 0.717) is 0 Å². The van der Waals surface area contributed by atoms with Crippen LogP contribution in [0, 0.1) is 0 Å². The van der Waals surface area contributed by atoms with Crippen LogP contribution in [0.5, 0.6) is 5.75 Å². The Bertz CT molecular complexity index is 529. The molecule has 0 aliphatic rings. The monoisotopic (exact) mass is 274 g/mol. The second-order valence-corrected chi connectivity index (χ2v) is 5.11. The van der Waals surface area contributed by atoms with Crippen molar-refractivity contribution in [1.82, 2.24) is 9.47 Å². The van der Waals surface area contributed by atoms with Crippen molar-refractivity contribution in [3.8, 4) is 5.75 Å². The molecule has 0 unspecified atom stereocenters. The smallest absolute Gasteiger partial charge is 0.120 e. The van der Waals surface area contributed by atoms with E-state index in [-0.39, 0.29) is 0 Å². The highest BCUT2D eigenvalue weighted by atomic mass is 16.5. The van der Waals surface area contributed by atoms with Crippen molar-refractivity contribution in [2.75, 3.05) is 26.2 Å². The molecule has 0 saturated carbocycles. The molecule has 0 bridgehead atoms. The number of hydrogen-bond acceptors (Lipinski definition) is 2. The average Bonchev–Trinajstić information content (AvgIpc) is 2.88. The highest BCUT2D eigenvalue weighted by molar-refractivity contribution is 5.81. The van der Waals surface area contributed by atoms with Crippen molar-refractivity contribution < 1.29 is 4.74 Å². The molecule has 0 amide bonds. The topological polar surface area (TPSA) is 17.4 Å². The summed E-state index contributed by atoms with van der Waals surface area (Å²) >= 11 is 0. The molecule has 0 aliphatic carbocycles. The fourth-order valence-electron chi connectivity index (χ4n) is 2.47. The van der Waals surface area contributed by atoms with Gasteiger partial charge in [0.1, 0.15) is 5.75 Å². The van der Waals surface area contributed by atoms with Crippen molar-refractivity contribution in [1.29, 1.82) is 0 Å². The van der Waals surface area contributed by atoms with Crippen LogP contribution in [0.4, 0.5) is 0 Å². The zero-order valence-electron chi connectivity index (χ0n) is 12.9. The SMILES string of the molecule is CCCOc1ccc2c(ccn2CCN(CC)CC)c1. The zero-order valence-corrected chi connectivity index (χ0v) is 12.9. The first-order valence-corrected chi connectivity index (χ1v) is 7.72. The molecule has 1 aromatic heterocycles. The van der Waals surface area contributed by atoms with Crippen molar-refractivity contribution in [2.45, 2.75) is 33.7 Å². The number of hydrogen-bond donors (Lipinski definition) is 0. The largest absolute Gasteiger partial charge is 0.494 e. The maximum absolute atomic E-state index is 5.69. The quantitative estimate of drug-likeness (QED) is 0.729. The van der Waals surface area contributed by atoms with E-state index in [2.05, 4.69) is 60.7 Å². The van der Waals surface area contributed by atoms with Gasteiger partial charge in [-0.1, -0.05) is 20.8 Å². The molecule has 0 radical (unpaired) electrons. The maximum Gasteiger partial charge on any atom is 0.120 e. The summed E-state index contributed by atoms with van der Waals surface area (Å²) < 4.78 is 8.02. The molecule has 3 nitrogen and oxygen atoms in total. The van der Waals surface area contributed by atoms with Gasteiger partial charge in [0.2, 0.25) is 0 Å². The van der Waals surface area contributed by atoms with E-state index in [1.165, 1.54) is 10.9 Å². The highest BCUT2D eigenvalue weighted by Gasteiger charge is 2.04. The van der Waals surface area contributed by atoms with Crippen molar-refractivity contribution in [2.24, 2.45) is 0 Å². The molecule has 0 fully saturated rings. The predicted octanol–water partition coefficient (Wildman–Crippen LogP) is 3.77. The van der Waals surface area contributed by atoms with Crippen LogP contribution in [0.1, 0.15) is 27.2 Å². The van der Waals surface area contributed by atoms with Crippen LogP contribution in [-0.4, -0.2) is 35.7 Å². The summed E-state index contributed by atoms with van der Waals surface area (Å²) in [4.78, 5) is 2.45. The van der Waals surface area contributed by atoms with E-state index in [9.17, 15) is 0 Å². The Balaban J connectivity index is 2.08. The number of benzene rings is 1. The molecular formula is C17H26N2O. The van der Waals surface area contributed by atoms with E-state index in [1.54, 1.807) is 0 Å². The van der Waals surface area contributed by atoms with E-state index < -0.39 is 0 Å². The van der Waals surface area contributed by atoms with Gasteiger partial charge in [-0.15, -0.1) is 0 Å². The number of likely N-dealkylation sites (N-methyl/N-ethyl adjacent to an activating group) is 1. The summed E-state index contributed by atoms with van der Waals surface area (Å²) in [5.74, 6) is 0.973. The Kier molecular flexibility index (Phi) is 5.48. The molecule has 0 spiro atoms. The molecule has 0 aliphatic heterocycles. The first-order chi connectivity index (χ1) is 9.78. The first kappa shape index (κ1) is 14.9. The van der Waals surface area contributed by atoms with Gasteiger partial charge in [0.05, 0.1) is 6.61 Å². The Hall–Kier alpha value is -1.48. The van der Waals surface area contributed by atoms with Crippen molar-refractivity contribution in [3.63, 3.8) is 0 Å². The summed E-state index contributed by atoms with van der Waals surface area (Å²) in [6.07, 6.45) is 3.22. The molecule has 1 heterocycles. The third-order valence-corrected chi connectivity index (χ3v) is 3.77. The molecule has 2 rings (SSSR count). The predicted molar refractivity (Wildman–Crippen MR) is 85.5 cm³/mol. The minimum Gasteiger partial charge on any atom is -0.494 e. The molecule has 0 atom stereocenters. The summed E-state index contributed by atoms with van der Waals surface area (Å²) in [7, 11) is 0. The van der Waals surface area contributed by atoms with E-state index >= 15 is 0 Å². The highest BCUT2D eigenvalue weighted by Crippen LogP contribution is 2.22. The Morgan fingerprint density at radius 2 is 1.90 bits per heavy atom. The van der Waals surface area contributed by atoms with Crippen LogP contribution < -0.4 is 4.74 Å². The van der Waals surface area contributed by atoms with E-state index in [4.69, 9.17) is 4.74 Å². The van der Waals surface area contributed by atoms with Crippen LogP contribution >= 0.6 is 0 Å².